The van der Waals surface area contributed by atoms with Gasteiger partial charge in [0.15, 0.2) is 11.6 Å². The van der Waals surface area contributed by atoms with Crippen LogP contribution in [0, 0.1) is 11.6 Å². The highest BCUT2D eigenvalue weighted by atomic mass is 19.2. The number of carbonyl (C=O) groups excluding carboxylic acids is 1. The van der Waals surface area contributed by atoms with Crippen LogP contribution in [0.5, 0.6) is 0 Å². The van der Waals surface area contributed by atoms with Crippen molar-refractivity contribution in [2.75, 3.05) is 7.11 Å². The Balaban J connectivity index is 2.62. The van der Waals surface area contributed by atoms with Gasteiger partial charge in [0.25, 0.3) is 0 Å². The smallest absolute Gasteiger partial charge is 0.305 e. The van der Waals surface area contributed by atoms with E-state index in [0.29, 0.717) is 12.0 Å². The number of methoxy groups -OCH3 is 1. The van der Waals surface area contributed by atoms with Crippen LogP contribution in [0.2, 0.25) is 0 Å². The molecule has 0 heterocycles. The molecule has 88 valence electrons. The first-order chi connectivity index (χ1) is 7.54. The number of nitrogens with two attached hydrogens (primary N) is 1. The van der Waals surface area contributed by atoms with Crippen LogP contribution >= 0.6 is 0 Å². The van der Waals surface area contributed by atoms with Crippen molar-refractivity contribution >= 4 is 5.97 Å². The van der Waals surface area contributed by atoms with Crippen molar-refractivity contribution in [3.63, 3.8) is 0 Å². The molecule has 0 spiro atoms. The SMILES string of the molecule is COC(=O)CCC(N)c1ccc(F)c(F)c1. The van der Waals surface area contributed by atoms with E-state index < -0.39 is 17.7 Å². The molecule has 3 nitrogen and oxygen atoms in total. The molecule has 0 saturated carbocycles. The van der Waals surface area contributed by atoms with Crippen LogP contribution in [0.15, 0.2) is 18.2 Å². The van der Waals surface area contributed by atoms with Crippen molar-refractivity contribution in [3.8, 4) is 0 Å². The van der Waals surface area contributed by atoms with Crippen LogP contribution in [0.25, 0.3) is 0 Å². The molecule has 0 aliphatic heterocycles. The number of ether oxygens (including phenoxy) is 1. The van der Waals surface area contributed by atoms with Crippen LogP contribution in [0.1, 0.15) is 24.4 Å². The van der Waals surface area contributed by atoms with Gasteiger partial charge in [0.05, 0.1) is 7.11 Å². The molecule has 16 heavy (non-hydrogen) atoms. The molecule has 1 aromatic carbocycles. The van der Waals surface area contributed by atoms with Crippen molar-refractivity contribution in [1.29, 1.82) is 0 Å². The number of rotatable bonds is 4. The zero-order valence-corrected chi connectivity index (χ0v) is 8.87. The van der Waals surface area contributed by atoms with Crippen LogP contribution < -0.4 is 5.73 Å². The van der Waals surface area contributed by atoms with Gasteiger partial charge in [-0.3, -0.25) is 4.79 Å². The Labute approximate surface area is 92.2 Å². The number of hydrogen-bond acceptors (Lipinski definition) is 3. The highest BCUT2D eigenvalue weighted by Gasteiger charge is 2.11. The van der Waals surface area contributed by atoms with E-state index in [0.717, 1.165) is 12.1 Å². The van der Waals surface area contributed by atoms with Crippen molar-refractivity contribution < 1.29 is 18.3 Å². The summed E-state index contributed by atoms with van der Waals surface area (Å²) in [5.74, 6) is -2.23. The summed E-state index contributed by atoms with van der Waals surface area (Å²) in [4.78, 5) is 10.9. The molecule has 1 atom stereocenters. The van der Waals surface area contributed by atoms with E-state index in [-0.39, 0.29) is 12.4 Å². The number of carbonyl (C=O) groups is 1. The van der Waals surface area contributed by atoms with E-state index >= 15 is 0 Å². The Morgan fingerprint density at radius 1 is 1.44 bits per heavy atom. The van der Waals surface area contributed by atoms with E-state index in [1.165, 1.54) is 13.2 Å². The number of hydrogen-bond donors (Lipinski definition) is 1. The second-order valence-electron chi connectivity index (χ2n) is 3.39. The molecule has 0 fully saturated rings. The lowest BCUT2D eigenvalue weighted by Crippen LogP contribution is -2.13. The van der Waals surface area contributed by atoms with Crippen molar-refractivity contribution in [2.45, 2.75) is 18.9 Å². The molecule has 1 unspecified atom stereocenters. The largest absolute Gasteiger partial charge is 0.469 e. The van der Waals surface area contributed by atoms with Gasteiger partial charge in [0.2, 0.25) is 0 Å². The predicted molar refractivity (Wildman–Crippen MR) is 54.5 cm³/mol. The average molecular weight is 229 g/mol. The fourth-order valence-corrected chi connectivity index (χ4v) is 1.29. The standard InChI is InChI=1S/C11H13F2NO2/c1-16-11(15)5-4-10(14)7-2-3-8(12)9(13)6-7/h2-3,6,10H,4-5,14H2,1H3. The molecule has 1 aromatic rings. The maximum Gasteiger partial charge on any atom is 0.305 e. The van der Waals surface area contributed by atoms with Crippen LogP contribution in [-0.4, -0.2) is 13.1 Å². The Kier molecular flexibility index (Phi) is 4.37. The molecular weight excluding hydrogens is 216 g/mol. The minimum Gasteiger partial charge on any atom is -0.469 e. The Morgan fingerprint density at radius 3 is 2.69 bits per heavy atom. The van der Waals surface area contributed by atoms with E-state index in [1.807, 2.05) is 0 Å². The van der Waals surface area contributed by atoms with Crippen LogP contribution in [-0.2, 0) is 9.53 Å². The highest BCUT2D eigenvalue weighted by Crippen LogP contribution is 2.18. The molecular formula is C11H13F2NO2. The van der Waals surface area contributed by atoms with Gasteiger partial charge in [-0.1, -0.05) is 6.07 Å². The maximum atomic E-state index is 12.9. The lowest BCUT2D eigenvalue weighted by molar-refractivity contribution is -0.140. The molecule has 2 N–H and O–H groups in total. The van der Waals surface area contributed by atoms with Gasteiger partial charge in [-0.25, -0.2) is 8.78 Å². The summed E-state index contributed by atoms with van der Waals surface area (Å²) in [6.07, 6.45) is 0.481. The Hall–Kier alpha value is -1.49. The topological polar surface area (TPSA) is 52.3 Å². The summed E-state index contributed by atoms with van der Waals surface area (Å²) in [7, 11) is 1.28. The number of esters is 1. The molecule has 0 amide bonds. The van der Waals surface area contributed by atoms with E-state index in [9.17, 15) is 13.6 Å². The minimum atomic E-state index is -0.939. The summed E-state index contributed by atoms with van der Waals surface area (Å²) in [5.41, 5.74) is 6.18. The normalized spacial score (nSPS) is 12.2. The molecule has 0 aliphatic rings. The summed E-state index contributed by atoms with van der Waals surface area (Å²) < 4.78 is 30.0. The molecule has 1 rings (SSSR count). The van der Waals surface area contributed by atoms with Gasteiger partial charge < -0.3 is 10.5 Å². The van der Waals surface area contributed by atoms with Crippen molar-refractivity contribution in [3.05, 3.63) is 35.4 Å². The summed E-state index contributed by atoms with van der Waals surface area (Å²) in [6.45, 7) is 0. The monoisotopic (exact) mass is 229 g/mol. The molecule has 0 aliphatic carbocycles. The maximum absolute atomic E-state index is 12.9. The minimum absolute atomic E-state index is 0.149. The first kappa shape index (κ1) is 12.6. The van der Waals surface area contributed by atoms with Gasteiger partial charge in [-0.2, -0.15) is 0 Å². The van der Waals surface area contributed by atoms with Gasteiger partial charge in [0.1, 0.15) is 0 Å². The zero-order valence-electron chi connectivity index (χ0n) is 8.87. The zero-order chi connectivity index (χ0) is 12.1. The fraction of sp³-hybridized carbons (Fsp3) is 0.364. The molecule has 0 radical (unpaired) electrons. The van der Waals surface area contributed by atoms with Crippen molar-refractivity contribution in [2.24, 2.45) is 5.73 Å². The predicted octanol–water partition coefficient (Wildman–Crippen LogP) is 1.92. The van der Waals surface area contributed by atoms with E-state index in [1.54, 1.807) is 0 Å². The van der Waals surface area contributed by atoms with E-state index in [4.69, 9.17) is 5.73 Å². The summed E-state index contributed by atoms with van der Waals surface area (Å²) in [6, 6.07) is 2.95. The molecule has 5 heteroatoms. The van der Waals surface area contributed by atoms with Crippen LogP contribution in [0.4, 0.5) is 8.78 Å². The summed E-state index contributed by atoms with van der Waals surface area (Å²) in [5, 5.41) is 0. The number of benzene rings is 1. The third-order valence-corrected chi connectivity index (χ3v) is 2.26. The second-order valence-corrected chi connectivity index (χ2v) is 3.39. The lowest BCUT2D eigenvalue weighted by atomic mass is 10.0. The first-order valence-electron chi connectivity index (χ1n) is 4.82. The van der Waals surface area contributed by atoms with Gasteiger partial charge in [0, 0.05) is 12.5 Å². The Bertz CT molecular complexity index is 382. The fourth-order valence-electron chi connectivity index (χ4n) is 1.29. The third-order valence-electron chi connectivity index (χ3n) is 2.26. The average Bonchev–Trinajstić information content (AvgIpc) is 2.29. The molecule has 0 aromatic heterocycles. The van der Waals surface area contributed by atoms with Crippen LogP contribution in [0.3, 0.4) is 0 Å². The van der Waals surface area contributed by atoms with Crippen molar-refractivity contribution in [1.82, 2.24) is 0 Å². The quantitative estimate of drug-likeness (QED) is 0.802. The Morgan fingerprint density at radius 2 is 2.12 bits per heavy atom. The van der Waals surface area contributed by atoms with Gasteiger partial charge >= 0.3 is 5.97 Å². The third kappa shape index (κ3) is 3.27. The summed E-state index contributed by atoms with van der Waals surface area (Å²) >= 11 is 0. The second kappa shape index (κ2) is 5.55. The highest BCUT2D eigenvalue weighted by molar-refractivity contribution is 5.69. The molecule has 0 saturated heterocycles. The first-order valence-corrected chi connectivity index (χ1v) is 4.82. The van der Waals surface area contributed by atoms with Gasteiger partial charge in [-0.05, 0) is 24.1 Å². The van der Waals surface area contributed by atoms with Gasteiger partial charge in [-0.15, -0.1) is 0 Å². The lowest BCUT2D eigenvalue weighted by Gasteiger charge is -2.11. The van der Waals surface area contributed by atoms with E-state index in [2.05, 4.69) is 4.74 Å². The molecule has 0 bridgehead atoms. The number of halogens is 2.